The van der Waals surface area contributed by atoms with Gasteiger partial charge in [0.05, 0.1) is 11.7 Å². The quantitative estimate of drug-likeness (QED) is 0.728. The largest absolute Gasteiger partial charge is 0.478 e. The first-order chi connectivity index (χ1) is 6.02. The third-order valence-electron chi connectivity index (χ3n) is 1.97. The highest BCUT2D eigenvalue weighted by Crippen LogP contribution is 2.18. The third kappa shape index (κ3) is 2.06. The molecule has 13 heavy (non-hydrogen) atoms. The van der Waals surface area contributed by atoms with Gasteiger partial charge in [-0.1, -0.05) is 6.07 Å². The molecule has 0 aliphatic carbocycles. The number of carbonyl (C=O) groups is 1. The molecule has 3 heteroatoms. The summed E-state index contributed by atoms with van der Waals surface area (Å²) in [6.45, 7) is 3.44. The minimum Gasteiger partial charge on any atom is -0.478 e. The van der Waals surface area contributed by atoms with Crippen LogP contribution in [-0.4, -0.2) is 16.2 Å². The number of aryl methyl sites for hydroxylation is 1. The Morgan fingerprint density at radius 2 is 2.08 bits per heavy atom. The van der Waals surface area contributed by atoms with Crippen molar-refractivity contribution in [3.8, 4) is 0 Å². The van der Waals surface area contributed by atoms with Crippen molar-refractivity contribution >= 4 is 5.97 Å². The molecular formula is C10H12O3. The van der Waals surface area contributed by atoms with Crippen LogP contribution in [0.5, 0.6) is 0 Å². The van der Waals surface area contributed by atoms with Crippen LogP contribution in [-0.2, 0) is 0 Å². The molecule has 0 bridgehead atoms. The number of aromatic carboxylic acids is 1. The van der Waals surface area contributed by atoms with Gasteiger partial charge in [0.1, 0.15) is 0 Å². The van der Waals surface area contributed by atoms with Gasteiger partial charge in [0.2, 0.25) is 0 Å². The summed E-state index contributed by atoms with van der Waals surface area (Å²) >= 11 is 0. The van der Waals surface area contributed by atoms with E-state index >= 15 is 0 Å². The topological polar surface area (TPSA) is 57.5 Å². The van der Waals surface area contributed by atoms with Crippen molar-refractivity contribution in [1.82, 2.24) is 0 Å². The molecule has 1 aromatic rings. The molecule has 0 saturated heterocycles. The molecule has 0 spiro atoms. The van der Waals surface area contributed by atoms with Crippen molar-refractivity contribution in [1.29, 1.82) is 0 Å². The molecule has 2 N–H and O–H groups in total. The molecule has 0 aliphatic heterocycles. The van der Waals surface area contributed by atoms with Crippen molar-refractivity contribution in [3.63, 3.8) is 0 Å². The van der Waals surface area contributed by atoms with E-state index in [1.165, 1.54) is 6.07 Å². The Bertz CT molecular complexity index is 329. The lowest BCUT2D eigenvalue weighted by atomic mass is 10.0. The van der Waals surface area contributed by atoms with E-state index in [-0.39, 0.29) is 5.56 Å². The van der Waals surface area contributed by atoms with Crippen molar-refractivity contribution in [2.24, 2.45) is 0 Å². The molecular weight excluding hydrogens is 168 g/mol. The second-order valence-corrected chi connectivity index (χ2v) is 3.05. The smallest absolute Gasteiger partial charge is 0.335 e. The zero-order chi connectivity index (χ0) is 10.0. The fraction of sp³-hybridized carbons (Fsp3) is 0.300. The van der Waals surface area contributed by atoms with Crippen molar-refractivity contribution in [2.75, 3.05) is 0 Å². The molecule has 1 aromatic carbocycles. The van der Waals surface area contributed by atoms with Gasteiger partial charge >= 0.3 is 5.97 Å². The Morgan fingerprint density at radius 3 is 2.46 bits per heavy atom. The number of aliphatic hydroxyl groups excluding tert-OH is 1. The van der Waals surface area contributed by atoms with E-state index in [9.17, 15) is 9.90 Å². The monoisotopic (exact) mass is 180 g/mol. The van der Waals surface area contributed by atoms with Gasteiger partial charge in [-0.05, 0) is 37.1 Å². The zero-order valence-corrected chi connectivity index (χ0v) is 7.61. The van der Waals surface area contributed by atoms with Crippen molar-refractivity contribution in [3.05, 3.63) is 34.9 Å². The highest BCUT2D eigenvalue weighted by molar-refractivity contribution is 5.87. The van der Waals surface area contributed by atoms with Crippen LogP contribution in [0.3, 0.4) is 0 Å². The predicted octanol–water partition coefficient (Wildman–Crippen LogP) is 1.75. The van der Waals surface area contributed by atoms with Gasteiger partial charge in [0.15, 0.2) is 0 Å². The fourth-order valence-corrected chi connectivity index (χ4v) is 1.28. The zero-order valence-electron chi connectivity index (χ0n) is 7.61. The number of benzene rings is 1. The van der Waals surface area contributed by atoms with E-state index in [4.69, 9.17) is 5.11 Å². The molecule has 3 nitrogen and oxygen atoms in total. The maximum atomic E-state index is 10.6. The highest BCUT2D eigenvalue weighted by atomic mass is 16.4. The summed E-state index contributed by atoms with van der Waals surface area (Å²) in [5.41, 5.74) is 1.82. The van der Waals surface area contributed by atoms with Crippen LogP contribution in [0.4, 0.5) is 0 Å². The maximum absolute atomic E-state index is 10.6. The second-order valence-electron chi connectivity index (χ2n) is 3.05. The fourth-order valence-electron chi connectivity index (χ4n) is 1.28. The Kier molecular flexibility index (Phi) is 2.68. The van der Waals surface area contributed by atoms with E-state index in [0.717, 1.165) is 11.1 Å². The summed E-state index contributed by atoms with van der Waals surface area (Å²) in [6, 6.07) is 4.70. The summed E-state index contributed by atoms with van der Waals surface area (Å²) < 4.78 is 0. The van der Waals surface area contributed by atoms with E-state index in [1.54, 1.807) is 26.0 Å². The first-order valence-corrected chi connectivity index (χ1v) is 4.04. The molecule has 0 radical (unpaired) electrons. The lowest BCUT2D eigenvalue weighted by Gasteiger charge is -2.08. The Balaban J connectivity index is 3.13. The lowest BCUT2D eigenvalue weighted by Crippen LogP contribution is -2.00. The van der Waals surface area contributed by atoms with E-state index < -0.39 is 12.1 Å². The van der Waals surface area contributed by atoms with Crippen LogP contribution in [0.1, 0.15) is 34.5 Å². The number of hydrogen-bond donors (Lipinski definition) is 2. The van der Waals surface area contributed by atoms with Gasteiger partial charge in [-0.15, -0.1) is 0 Å². The molecule has 0 fully saturated rings. The average Bonchev–Trinajstić information content (AvgIpc) is 2.03. The first-order valence-electron chi connectivity index (χ1n) is 4.04. The summed E-state index contributed by atoms with van der Waals surface area (Å²) in [7, 11) is 0. The van der Waals surface area contributed by atoms with Gasteiger partial charge in [-0.25, -0.2) is 4.79 Å². The van der Waals surface area contributed by atoms with Crippen LogP contribution in [0.2, 0.25) is 0 Å². The SMILES string of the molecule is Cc1cc(C(=O)O)ccc1C(C)O. The molecule has 0 amide bonds. The molecule has 1 unspecified atom stereocenters. The average molecular weight is 180 g/mol. The van der Waals surface area contributed by atoms with E-state index in [1.807, 2.05) is 0 Å². The normalized spacial score (nSPS) is 12.5. The first kappa shape index (κ1) is 9.74. The standard InChI is InChI=1S/C10H12O3/c1-6-5-8(10(12)13)3-4-9(6)7(2)11/h3-5,7,11H,1-2H3,(H,12,13). The number of carboxylic acids is 1. The molecule has 70 valence electrons. The van der Waals surface area contributed by atoms with Crippen LogP contribution < -0.4 is 0 Å². The third-order valence-corrected chi connectivity index (χ3v) is 1.97. The molecule has 1 rings (SSSR count). The van der Waals surface area contributed by atoms with Gasteiger partial charge in [-0.2, -0.15) is 0 Å². The van der Waals surface area contributed by atoms with Gasteiger partial charge in [0.25, 0.3) is 0 Å². The molecule has 0 saturated carbocycles. The number of aliphatic hydroxyl groups is 1. The molecule has 0 aromatic heterocycles. The number of rotatable bonds is 2. The van der Waals surface area contributed by atoms with E-state index in [0.29, 0.717) is 0 Å². The number of carboxylic acid groups (broad SMARTS) is 1. The Labute approximate surface area is 76.6 Å². The summed E-state index contributed by atoms with van der Waals surface area (Å²) in [4.78, 5) is 10.6. The molecule has 1 atom stereocenters. The lowest BCUT2D eigenvalue weighted by molar-refractivity contribution is 0.0696. The Morgan fingerprint density at radius 1 is 1.46 bits per heavy atom. The van der Waals surface area contributed by atoms with Gasteiger partial charge in [-0.3, -0.25) is 0 Å². The molecule has 0 heterocycles. The summed E-state index contributed by atoms with van der Waals surface area (Å²) in [5.74, 6) is -0.944. The van der Waals surface area contributed by atoms with Crippen molar-refractivity contribution < 1.29 is 15.0 Å². The predicted molar refractivity (Wildman–Crippen MR) is 48.8 cm³/mol. The minimum atomic E-state index is -0.944. The maximum Gasteiger partial charge on any atom is 0.335 e. The minimum absolute atomic E-state index is 0.252. The van der Waals surface area contributed by atoms with Crippen LogP contribution >= 0.6 is 0 Å². The van der Waals surface area contributed by atoms with Gasteiger partial charge in [0, 0.05) is 0 Å². The van der Waals surface area contributed by atoms with Crippen molar-refractivity contribution in [2.45, 2.75) is 20.0 Å². The van der Waals surface area contributed by atoms with Crippen LogP contribution in [0.15, 0.2) is 18.2 Å². The summed E-state index contributed by atoms with van der Waals surface area (Å²) in [6.07, 6.45) is -0.553. The van der Waals surface area contributed by atoms with E-state index in [2.05, 4.69) is 0 Å². The Hall–Kier alpha value is -1.35. The molecule has 0 aliphatic rings. The highest BCUT2D eigenvalue weighted by Gasteiger charge is 2.08. The van der Waals surface area contributed by atoms with Gasteiger partial charge < -0.3 is 10.2 Å². The number of hydrogen-bond acceptors (Lipinski definition) is 2. The second kappa shape index (κ2) is 3.58. The van der Waals surface area contributed by atoms with Crippen LogP contribution in [0, 0.1) is 6.92 Å². The summed E-state index contributed by atoms with van der Waals surface area (Å²) in [5, 5.41) is 18.0. The van der Waals surface area contributed by atoms with Crippen LogP contribution in [0.25, 0.3) is 0 Å².